The predicted molar refractivity (Wildman–Crippen MR) is 94.5 cm³/mol. The molecule has 2 heterocycles. The third-order valence-electron chi connectivity index (χ3n) is 3.82. The Bertz CT molecular complexity index is 659. The monoisotopic (exact) mass is 329 g/mol. The van der Waals surface area contributed by atoms with Crippen molar-refractivity contribution in [1.29, 1.82) is 0 Å². The Hall–Kier alpha value is -2.04. The van der Waals surface area contributed by atoms with Crippen molar-refractivity contribution in [3.63, 3.8) is 0 Å². The molecule has 3 rings (SSSR count). The van der Waals surface area contributed by atoms with Crippen LogP contribution in [0.2, 0.25) is 5.02 Å². The van der Waals surface area contributed by atoms with Gasteiger partial charge in [0.2, 0.25) is 0 Å². The van der Waals surface area contributed by atoms with E-state index in [1.165, 1.54) is 5.56 Å². The van der Waals surface area contributed by atoms with E-state index in [1.807, 2.05) is 48.7 Å². The van der Waals surface area contributed by atoms with Crippen molar-refractivity contribution in [2.24, 2.45) is 5.10 Å². The average Bonchev–Trinajstić information content (AvgIpc) is 3.09. The maximum Gasteiger partial charge on any atom is 0.126 e. The SMILES string of the molecule is Clc1ccccc1CN1CCN(/N=C/C=C/c2ccco2)CC1. The van der Waals surface area contributed by atoms with E-state index in [9.17, 15) is 0 Å². The van der Waals surface area contributed by atoms with E-state index in [4.69, 9.17) is 16.0 Å². The molecular formula is C18H20ClN3O. The van der Waals surface area contributed by atoms with Crippen LogP contribution in [-0.2, 0) is 6.54 Å². The second-order valence-electron chi connectivity index (χ2n) is 5.46. The molecule has 0 amide bonds. The van der Waals surface area contributed by atoms with Gasteiger partial charge >= 0.3 is 0 Å². The zero-order chi connectivity index (χ0) is 15.9. The molecule has 1 aliphatic rings. The number of furan rings is 1. The number of rotatable bonds is 5. The highest BCUT2D eigenvalue weighted by Gasteiger charge is 2.15. The van der Waals surface area contributed by atoms with Crippen LogP contribution in [0.25, 0.3) is 6.08 Å². The molecule has 1 fully saturated rings. The first-order valence-electron chi connectivity index (χ1n) is 7.76. The second kappa shape index (κ2) is 7.99. The fourth-order valence-corrected chi connectivity index (χ4v) is 2.73. The normalized spacial score (nSPS) is 16.7. The molecule has 0 atom stereocenters. The van der Waals surface area contributed by atoms with Crippen LogP contribution >= 0.6 is 11.6 Å². The molecule has 0 spiro atoms. The fraction of sp³-hybridized carbons (Fsp3) is 0.278. The Labute approximate surface area is 141 Å². The largest absolute Gasteiger partial charge is 0.465 e. The summed E-state index contributed by atoms with van der Waals surface area (Å²) in [6.07, 6.45) is 7.27. The van der Waals surface area contributed by atoms with E-state index >= 15 is 0 Å². The molecule has 0 aliphatic carbocycles. The van der Waals surface area contributed by atoms with Crippen molar-refractivity contribution >= 4 is 23.9 Å². The van der Waals surface area contributed by atoms with E-state index in [0.29, 0.717) is 0 Å². The molecule has 1 aliphatic heterocycles. The van der Waals surface area contributed by atoms with Crippen molar-refractivity contribution in [3.05, 3.63) is 65.1 Å². The average molecular weight is 330 g/mol. The quantitative estimate of drug-likeness (QED) is 0.783. The fourth-order valence-electron chi connectivity index (χ4n) is 2.54. The summed E-state index contributed by atoms with van der Waals surface area (Å²) >= 11 is 6.22. The van der Waals surface area contributed by atoms with Gasteiger partial charge in [-0.15, -0.1) is 0 Å². The lowest BCUT2D eigenvalue weighted by Gasteiger charge is -2.33. The molecule has 0 bridgehead atoms. The van der Waals surface area contributed by atoms with E-state index in [1.54, 1.807) is 6.26 Å². The zero-order valence-corrected chi connectivity index (χ0v) is 13.7. The van der Waals surface area contributed by atoms with Gasteiger partial charge in [0.1, 0.15) is 5.76 Å². The van der Waals surface area contributed by atoms with Crippen LogP contribution in [0.4, 0.5) is 0 Å². The molecule has 2 aromatic rings. The van der Waals surface area contributed by atoms with Gasteiger partial charge in [-0.25, -0.2) is 0 Å². The minimum absolute atomic E-state index is 0.834. The standard InChI is InChI=1S/C18H20ClN3O/c19-18-8-2-1-5-16(18)15-21-10-12-22(13-11-21)20-9-3-6-17-7-4-14-23-17/h1-9,14H,10-13,15H2/b6-3+,20-9+. The van der Waals surface area contributed by atoms with Crippen LogP contribution in [0.5, 0.6) is 0 Å². The maximum atomic E-state index is 6.22. The molecule has 1 saturated heterocycles. The van der Waals surface area contributed by atoms with Gasteiger partial charge in [-0.05, 0) is 35.9 Å². The predicted octanol–water partition coefficient (Wildman–Crippen LogP) is 3.75. The van der Waals surface area contributed by atoms with Gasteiger partial charge in [0.05, 0.1) is 6.26 Å². The summed E-state index contributed by atoms with van der Waals surface area (Å²) in [6, 6.07) is 11.8. The zero-order valence-electron chi connectivity index (χ0n) is 12.9. The molecular weight excluding hydrogens is 310 g/mol. The van der Waals surface area contributed by atoms with Crippen LogP contribution in [0, 0.1) is 0 Å². The highest BCUT2D eigenvalue weighted by Crippen LogP contribution is 2.17. The Morgan fingerprint density at radius 2 is 1.91 bits per heavy atom. The summed E-state index contributed by atoms with van der Waals surface area (Å²) in [6.45, 7) is 4.73. The molecule has 120 valence electrons. The second-order valence-corrected chi connectivity index (χ2v) is 5.87. The lowest BCUT2D eigenvalue weighted by molar-refractivity contribution is 0.131. The van der Waals surface area contributed by atoms with Gasteiger partial charge in [-0.2, -0.15) is 5.10 Å². The van der Waals surface area contributed by atoms with Crippen molar-refractivity contribution in [3.8, 4) is 0 Å². The minimum Gasteiger partial charge on any atom is -0.465 e. The van der Waals surface area contributed by atoms with Crippen LogP contribution < -0.4 is 0 Å². The van der Waals surface area contributed by atoms with E-state index in [2.05, 4.69) is 21.1 Å². The molecule has 23 heavy (non-hydrogen) atoms. The van der Waals surface area contributed by atoms with Crippen molar-refractivity contribution < 1.29 is 4.42 Å². The van der Waals surface area contributed by atoms with Crippen LogP contribution in [0.15, 0.2) is 58.3 Å². The molecule has 0 radical (unpaired) electrons. The van der Waals surface area contributed by atoms with Gasteiger partial charge < -0.3 is 4.42 Å². The minimum atomic E-state index is 0.834. The van der Waals surface area contributed by atoms with E-state index in [0.717, 1.165) is 43.5 Å². The van der Waals surface area contributed by atoms with Crippen molar-refractivity contribution in [2.45, 2.75) is 6.54 Å². The number of hydrazone groups is 1. The Balaban J connectivity index is 1.44. The van der Waals surface area contributed by atoms with E-state index < -0.39 is 0 Å². The number of piperazine rings is 1. The molecule has 0 unspecified atom stereocenters. The smallest absolute Gasteiger partial charge is 0.126 e. The lowest BCUT2D eigenvalue weighted by Crippen LogP contribution is -2.43. The summed E-state index contributed by atoms with van der Waals surface area (Å²) < 4.78 is 5.23. The highest BCUT2D eigenvalue weighted by atomic mass is 35.5. The summed E-state index contributed by atoms with van der Waals surface area (Å²) in [5, 5.41) is 7.41. The van der Waals surface area contributed by atoms with Crippen LogP contribution in [-0.4, -0.2) is 42.3 Å². The first-order chi connectivity index (χ1) is 11.3. The Morgan fingerprint density at radius 1 is 1.09 bits per heavy atom. The van der Waals surface area contributed by atoms with E-state index in [-0.39, 0.29) is 0 Å². The maximum absolute atomic E-state index is 6.22. The number of nitrogens with zero attached hydrogens (tertiary/aromatic N) is 3. The highest BCUT2D eigenvalue weighted by molar-refractivity contribution is 6.31. The lowest BCUT2D eigenvalue weighted by atomic mass is 10.2. The number of halogens is 1. The van der Waals surface area contributed by atoms with Gasteiger partial charge in [0.25, 0.3) is 0 Å². The number of benzene rings is 1. The molecule has 0 N–H and O–H groups in total. The number of hydrogen-bond acceptors (Lipinski definition) is 4. The molecule has 4 nitrogen and oxygen atoms in total. The van der Waals surface area contributed by atoms with Crippen molar-refractivity contribution in [1.82, 2.24) is 9.91 Å². The van der Waals surface area contributed by atoms with Gasteiger partial charge in [-0.3, -0.25) is 9.91 Å². The number of hydrogen-bond donors (Lipinski definition) is 0. The summed E-state index contributed by atoms with van der Waals surface area (Å²) in [7, 11) is 0. The Kier molecular flexibility index (Phi) is 5.51. The number of allylic oxidation sites excluding steroid dienone is 1. The Morgan fingerprint density at radius 3 is 2.65 bits per heavy atom. The molecule has 0 saturated carbocycles. The van der Waals surface area contributed by atoms with Gasteiger partial charge in [0.15, 0.2) is 0 Å². The molecule has 5 heteroatoms. The summed E-state index contributed by atoms with van der Waals surface area (Å²) in [5.41, 5.74) is 1.19. The third kappa shape index (κ3) is 4.71. The molecule has 1 aromatic carbocycles. The van der Waals surface area contributed by atoms with Gasteiger partial charge in [0, 0.05) is 44.0 Å². The van der Waals surface area contributed by atoms with Crippen molar-refractivity contribution in [2.75, 3.05) is 26.2 Å². The topological polar surface area (TPSA) is 32.0 Å². The van der Waals surface area contributed by atoms with Gasteiger partial charge in [-0.1, -0.05) is 29.8 Å². The summed E-state index contributed by atoms with van der Waals surface area (Å²) in [4.78, 5) is 2.41. The first kappa shape index (κ1) is 15.8. The van der Waals surface area contributed by atoms with Crippen LogP contribution in [0.3, 0.4) is 0 Å². The van der Waals surface area contributed by atoms with Crippen LogP contribution in [0.1, 0.15) is 11.3 Å². The third-order valence-corrected chi connectivity index (χ3v) is 4.19. The molecule has 1 aromatic heterocycles. The first-order valence-corrected chi connectivity index (χ1v) is 8.14. The summed E-state index contributed by atoms with van der Waals surface area (Å²) in [5.74, 6) is 0.834.